The highest BCUT2D eigenvalue weighted by molar-refractivity contribution is 7.89. The van der Waals surface area contributed by atoms with Crippen LogP contribution in [0.3, 0.4) is 0 Å². The zero-order chi connectivity index (χ0) is 24.7. The van der Waals surface area contributed by atoms with Crippen LogP contribution >= 0.6 is 0 Å². The Labute approximate surface area is 199 Å². The van der Waals surface area contributed by atoms with Crippen molar-refractivity contribution in [3.8, 4) is 11.5 Å². The number of rotatable bonds is 9. The summed E-state index contributed by atoms with van der Waals surface area (Å²) in [6.07, 6.45) is -0.370. The third-order valence-corrected chi connectivity index (χ3v) is 7.30. The minimum Gasteiger partial charge on any atom is -0.497 e. The fourth-order valence-corrected chi connectivity index (χ4v) is 5.14. The smallest absolute Gasteiger partial charge is 0.309 e. The first-order valence-corrected chi connectivity index (χ1v) is 12.2. The minimum atomic E-state index is -3.86. The summed E-state index contributed by atoms with van der Waals surface area (Å²) in [6, 6.07) is 12.0. The lowest BCUT2D eigenvalue weighted by Gasteiger charge is -2.23. The van der Waals surface area contributed by atoms with Crippen LogP contribution in [0.4, 0.5) is 0 Å². The molecule has 0 saturated carbocycles. The Morgan fingerprint density at radius 3 is 2.41 bits per heavy atom. The van der Waals surface area contributed by atoms with Gasteiger partial charge in [-0.25, -0.2) is 8.42 Å². The second-order valence-corrected chi connectivity index (χ2v) is 9.53. The maximum absolute atomic E-state index is 13.1. The van der Waals surface area contributed by atoms with E-state index in [1.165, 1.54) is 23.5 Å². The van der Waals surface area contributed by atoms with Gasteiger partial charge in [0, 0.05) is 13.1 Å². The molecule has 10 nitrogen and oxygen atoms in total. The average molecular weight is 492 g/mol. The zero-order valence-corrected chi connectivity index (χ0v) is 20.2. The van der Waals surface area contributed by atoms with E-state index in [1.54, 1.807) is 20.1 Å². The standard InChI is InChI=1S/C23H29N3O7S/c1-16-14-19(8-9-20(16)32-3)34(29,30)26-12-13-33-21(26)15-25-23(28)22(27)24-11-10-17-4-6-18(31-2)7-5-17/h4-9,14,21H,10-13,15H2,1-3H3,(H,24,27)(H,25,28)/t21-/m0/s1. The number of hydrogen-bond acceptors (Lipinski definition) is 7. The van der Waals surface area contributed by atoms with E-state index in [9.17, 15) is 18.0 Å². The van der Waals surface area contributed by atoms with Gasteiger partial charge in [-0.15, -0.1) is 0 Å². The quantitative estimate of drug-likeness (QED) is 0.498. The Morgan fingerprint density at radius 2 is 1.76 bits per heavy atom. The number of methoxy groups -OCH3 is 2. The minimum absolute atomic E-state index is 0.101. The Bertz CT molecular complexity index is 1120. The molecule has 0 aliphatic carbocycles. The summed E-state index contributed by atoms with van der Waals surface area (Å²) in [6.45, 7) is 2.20. The molecule has 2 N–H and O–H groups in total. The van der Waals surface area contributed by atoms with E-state index in [0.717, 1.165) is 11.3 Å². The number of nitrogens with zero attached hydrogens (tertiary/aromatic N) is 1. The van der Waals surface area contributed by atoms with Crippen molar-refractivity contribution < 1.29 is 32.2 Å². The molecule has 0 aromatic heterocycles. The second kappa shape index (κ2) is 11.3. The third-order valence-electron chi connectivity index (χ3n) is 5.42. The van der Waals surface area contributed by atoms with Crippen LogP contribution < -0.4 is 20.1 Å². The molecule has 34 heavy (non-hydrogen) atoms. The monoisotopic (exact) mass is 491 g/mol. The largest absolute Gasteiger partial charge is 0.497 e. The Hall–Kier alpha value is -3.15. The Balaban J connectivity index is 1.51. The number of hydrogen-bond donors (Lipinski definition) is 2. The summed E-state index contributed by atoms with van der Waals surface area (Å²) in [5.74, 6) is -0.340. The number of benzene rings is 2. The molecule has 1 heterocycles. The van der Waals surface area contributed by atoms with E-state index in [2.05, 4.69) is 10.6 Å². The summed E-state index contributed by atoms with van der Waals surface area (Å²) in [4.78, 5) is 24.4. The van der Waals surface area contributed by atoms with E-state index in [4.69, 9.17) is 14.2 Å². The van der Waals surface area contributed by atoms with Gasteiger partial charge in [0.05, 0.1) is 32.3 Å². The van der Waals surface area contributed by atoms with E-state index >= 15 is 0 Å². The molecule has 1 aliphatic heterocycles. The molecule has 3 rings (SSSR count). The van der Waals surface area contributed by atoms with Crippen LogP contribution in [0, 0.1) is 6.92 Å². The van der Waals surface area contributed by atoms with Crippen LogP contribution in [0.15, 0.2) is 47.4 Å². The predicted octanol–water partition coefficient (Wildman–Crippen LogP) is 0.834. The van der Waals surface area contributed by atoms with Crippen LogP contribution in [0.1, 0.15) is 11.1 Å². The Kier molecular flexibility index (Phi) is 8.48. The van der Waals surface area contributed by atoms with E-state index < -0.39 is 28.1 Å². The SMILES string of the molecule is COc1ccc(CCNC(=O)C(=O)NC[C@@H]2OCCN2S(=O)(=O)c2ccc(OC)c(C)c2)cc1. The van der Waals surface area contributed by atoms with Crippen LogP contribution in [0.25, 0.3) is 0 Å². The van der Waals surface area contributed by atoms with Crippen LogP contribution in [0.2, 0.25) is 0 Å². The van der Waals surface area contributed by atoms with Gasteiger partial charge in [-0.2, -0.15) is 4.31 Å². The maximum Gasteiger partial charge on any atom is 0.309 e. The normalized spacial score (nSPS) is 16.1. The van der Waals surface area contributed by atoms with Gasteiger partial charge >= 0.3 is 11.8 Å². The summed E-state index contributed by atoms with van der Waals surface area (Å²) in [5, 5.41) is 5.01. The molecule has 0 radical (unpaired) electrons. The first-order chi connectivity index (χ1) is 16.3. The summed E-state index contributed by atoms with van der Waals surface area (Å²) in [5.41, 5.74) is 1.66. The maximum atomic E-state index is 13.1. The number of nitrogens with one attached hydrogen (secondary N) is 2. The average Bonchev–Trinajstić information content (AvgIpc) is 3.32. The highest BCUT2D eigenvalue weighted by atomic mass is 32.2. The van der Waals surface area contributed by atoms with E-state index in [0.29, 0.717) is 17.7 Å². The third kappa shape index (κ3) is 6.04. The van der Waals surface area contributed by atoms with Crippen molar-refractivity contribution in [1.82, 2.24) is 14.9 Å². The molecular formula is C23H29N3O7S. The molecular weight excluding hydrogens is 462 g/mol. The molecule has 11 heteroatoms. The van der Waals surface area contributed by atoms with E-state index in [1.807, 2.05) is 24.3 Å². The molecule has 2 aromatic carbocycles. The van der Waals surface area contributed by atoms with E-state index in [-0.39, 0.29) is 31.1 Å². The topological polar surface area (TPSA) is 123 Å². The van der Waals surface area contributed by atoms with Crippen molar-refractivity contribution in [2.24, 2.45) is 0 Å². The molecule has 2 amide bonds. The number of amides is 2. The number of ether oxygens (including phenoxy) is 3. The summed E-state index contributed by atoms with van der Waals surface area (Å²) < 4.78 is 43.2. The first-order valence-electron chi connectivity index (χ1n) is 10.7. The zero-order valence-electron chi connectivity index (χ0n) is 19.4. The van der Waals surface area contributed by atoms with Crippen molar-refractivity contribution in [3.05, 3.63) is 53.6 Å². The highest BCUT2D eigenvalue weighted by Gasteiger charge is 2.37. The van der Waals surface area contributed by atoms with Crippen LogP contribution in [-0.2, 0) is 30.8 Å². The fraction of sp³-hybridized carbons (Fsp3) is 0.391. The lowest BCUT2D eigenvalue weighted by atomic mass is 10.1. The number of sulfonamides is 1. The highest BCUT2D eigenvalue weighted by Crippen LogP contribution is 2.26. The lowest BCUT2D eigenvalue weighted by molar-refractivity contribution is -0.139. The molecule has 0 unspecified atom stereocenters. The summed E-state index contributed by atoms with van der Waals surface area (Å²) in [7, 11) is -0.766. The molecule has 1 atom stereocenters. The van der Waals surface area contributed by atoms with Gasteiger partial charge < -0.3 is 24.8 Å². The van der Waals surface area contributed by atoms with Crippen LogP contribution in [-0.4, -0.2) is 71.2 Å². The van der Waals surface area contributed by atoms with Crippen molar-refractivity contribution in [2.45, 2.75) is 24.5 Å². The van der Waals surface area contributed by atoms with Gasteiger partial charge in [-0.05, 0) is 54.8 Å². The number of carbonyl (C=O) groups excluding carboxylic acids is 2. The number of carbonyl (C=O) groups is 2. The molecule has 0 bridgehead atoms. The predicted molar refractivity (Wildman–Crippen MR) is 124 cm³/mol. The molecule has 1 aliphatic rings. The fourth-order valence-electron chi connectivity index (χ4n) is 3.54. The van der Waals surface area contributed by atoms with Crippen molar-refractivity contribution in [3.63, 3.8) is 0 Å². The number of aryl methyl sites for hydroxylation is 1. The van der Waals surface area contributed by atoms with Crippen molar-refractivity contribution >= 4 is 21.8 Å². The first kappa shape index (κ1) is 25.5. The lowest BCUT2D eigenvalue weighted by Crippen LogP contribution is -2.47. The molecule has 184 valence electrons. The summed E-state index contributed by atoms with van der Waals surface area (Å²) >= 11 is 0. The van der Waals surface area contributed by atoms with Gasteiger partial charge in [-0.1, -0.05) is 12.1 Å². The molecule has 1 fully saturated rings. The van der Waals surface area contributed by atoms with Crippen molar-refractivity contribution in [1.29, 1.82) is 0 Å². The van der Waals surface area contributed by atoms with Crippen LogP contribution in [0.5, 0.6) is 11.5 Å². The van der Waals surface area contributed by atoms with Gasteiger partial charge in [0.1, 0.15) is 17.7 Å². The molecule has 0 spiro atoms. The molecule has 1 saturated heterocycles. The van der Waals surface area contributed by atoms with Gasteiger partial charge in [0.25, 0.3) is 0 Å². The van der Waals surface area contributed by atoms with Gasteiger partial charge in [0.15, 0.2) is 0 Å². The Morgan fingerprint density at radius 1 is 1.06 bits per heavy atom. The van der Waals surface area contributed by atoms with Gasteiger partial charge in [-0.3, -0.25) is 9.59 Å². The van der Waals surface area contributed by atoms with Gasteiger partial charge in [0.2, 0.25) is 10.0 Å². The second-order valence-electron chi connectivity index (χ2n) is 7.64. The van der Waals surface area contributed by atoms with Crippen molar-refractivity contribution in [2.75, 3.05) is 40.5 Å². The molecule has 2 aromatic rings.